The van der Waals surface area contributed by atoms with E-state index in [9.17, 15) is 19.2 Å². The number of rotatable bonds is 8. The SMILES string of the molecule is O=C(O[C@@H]1[C@@H](OC(=O)c2ccccc2)[C@@H](NC(=O)C(Cl)(Cl)Cl)OC(c2nc3ncccn3n2)[C@H]1OC(=O)c1ccccc1)c1ccccc1. The zero-order valence-electron chi connectivity index (χ0n) is 25.0. The maximum absolute atomic E-state index is 13.6. The van der Waals surface area contributed by atoms with Crippen molar-refractivity contribution in [3.63, 3.8) is 0 Å². The van der Waals surface area contributed by atoms with Crippen molar-refractivity contribution in [3.05, 3.63) is 132 Å². The minimum atomic E-state index is -2.50. The molecule has 1 aliphatic rings. The number of carbonyl (C=O) groups excluding carboxylic acids is 4. The molecule has 0 saturated carbocycles. The molecular weight excluding hydrogens is 701 g/mol. The Labute approximate surface area is 293 Å². The third-order valence-corrected chi connectivity index (χ3v) is 7.73. The number of amides is 1. The molecule has 49 heavy (non-hydrogen) atoms. The summed E-state index contributed by atoms with van der Waals surface area (Å²) in [7, 11) is 0. The average molecular weight is 725 g/mol. The molecule has 0 bridgehead atoms. The van der Waals surface area contributed by atoms with Crippen LogP contribution in [0, 0.1) is 0 Å². The van der Waals surface area contributed by atoms with Crippen molar-refractivity contribution in [1.82, 2.24) is 24.9 Å². The van der Waals surface area contributed by atoms with Gasteiger partial charge in [0.2, 0.25) is 0 Å². The average Bonchev–Trinajstić information content (AvgIpc) is 3.55. The van der Waals surface area contributed by atoms with E-state index >= 15 is 0 Å². The Morgan fingerprint density at radius 1 is 0.694 bits per heavy atom. The van der Waals surface area contributed by atoms with E-state index in [4.69, 9.17) is 53.8 Å². The number of esters is 3. The molecule has 1 unspecified atom stereocenters. The van der Waals surface area contributed by atoms with Gasteiger partial charge in [-0.15, -0.1) is 5.10 Å². The standard InChI is InChI=1S/C33H24Cl3N5O8/c34-33(35,36)31(45)39-27-25(49-30(44)21-15-8-3-9-16-21)23(48-29(43)20-13-6-2-7-14-20)22(47-28(42)19-11-4-1-5-12-19)24(46-27)26-38-32-37-17-10-18-41(32)40-26/h1-18,22-25,27H,(H,39,45)/t22-,23-,24?,25+,27-/m0/s1. The van der Waals surface area contributed by atoms with Gasteiger partial charge in [-0.25, -0.2) is 23.9 Å². The molecule has 5 atom stereocenters. The summed E-state index contributed by atoms with van der Waals surface area (Å²) in [5.41, 5.74) is 0.363. The Bertz CT molecular complexity index is 1930. The summed E-state index contributed by atoms with van der Waals surface area (Å²) in [4.78, 5) is 62.4. The second-order valence-corrected chi connectivity index (χ2v) is 12.8. The number of aromatic nitrogens is 4. The number of hydrogen-bond donors (Lipinski definition) is 1. The van der Waals surface area contributed by atoms with E-state index in [2.05, 4.69) is 20.4 Å². The Balaban J connectivity index is 1.49. The first kappa shape index (κ1) is 33.8. The van der Waals surface area contributed by atoms with Crippen molar-refractivity contribution in [2.24, 2.45) is 0 Å². The van der Waals surface area contributed by atoms with Crippen molar-refractivity contribution < 1.29 is 38.1 Å². The summed E-state index contributed by atoms with van der Waals surface area (Å²) >= 11 is 17.7. The number of fused-ring (bicyclic) bond motifs is 1. The first-order chi connectivity index (χ1) is 23.6. The summed E-state index contributed by atoms with van der Waals surface area (Å²) in [6.07, 6.45) is -5.07. The molecule has 5 aromatic rings. The molecule has 0 aliphatic carbocycles. The third-order valence-electron chi connectivity index (χ3n) is 7.21. The third kappa shape index (κ3) is 7.81. The van der Waals surface area contributed by atoms with Gasteiger partial charge in [-0.2, -0.15) is 4.98 Å². The van der Waals surface area contributed by atoms with Crippen molar-refractivity contribution >= 4 is 64.4 Å². The summed E-state index contributed by atoms with van der Waals surface area (Å²) in [6, 6.07) is 25.3. The van der Waals surface area contributed by atoms with Gasteiger partial charge in [0.1, 0.15) is 0 Å². The lowest BCUT2D eigenvalue weighted by Crippen LogP contribution is -2.64. The topological polar surface area (TPSA) is 160 Å². The van der Waals surface area contributed by atoms with Crippen LogP contribution < -0.4 is 5.32 Å². The molecule has 3 aromatic carbocycles. The van der Waals surface area contributed by atoms with Crippen LogP contribution >= 0.6 is 34.8 Å². The number of hydrogen-bond acceptors (Lipinski definition) is 11. The van der Waals surface area contributed by atoms with Gasteiger partial charge in [-0.05, 0) is 42.5 Å². The van der Waals surface area contributed by atoms with E-state index in [1.807, 2.05) is 0 Å². The second kappa shape index (κ2) is 14.6. The highest BCUT2D eigenvalue weighted by Crippen LogP contribution is 2.37. The first-order valence-electron chi connectivity index (χ1n) is 14.6. The fraction of sp³-hybridized carbons (Fsp3) is 0.182. The van der Waals surface area contributed by atoms with Gasteiger partial charge in [0.05, 0.1) is 16.7 Å². The Hall–Kier alpha value is -5.08. The summed E-state index contributed by atoms with van der Waals surface area (Å²) in [6.45, 7) is 0. The van der Waals surface area contributed by atoms with Gasteiger partial charge in [0, 0.05) is 12.4 Å². The molecule has 1 aliphatic heterocycles. The van der Waals surface area contributed by atoms with Gasteiger partial charge in [0.25, 0.3) is 15.5 Å². The normalized spacial score (nSPS) is 20.6. The van der Waals surface area contributed by atoms with Crippen LogP contribution in [0.1, 0.15) is 43.0 Å². The smallest absolute Gasteiger partial charge is 0.338 e. The molecule has 6 rings (SSSR count). The molecule has 2 aromatic heterocycles. The molecule has 1 N–H and O–H groups in total. The highest BCUT2D eigenvalue weighted by molar-refractivity contribution is 6.76. The summed E-state index contributed by atoms with van der Waals surface area (Å²) in [5, 5.41) is 6.83. The van der Waals surface area contributed by atoms with Gasteiger partial charge < -0.3 is 24.3 Å². The Morgan fingerprint density at radius 3 is 1.67 bits per heavy atom. The lowest BCUT2D eigenvalue weighted by Gasteiger charge is -2.44. The summed E-state index contributed by atoms with van der Waals surface area (Å²) < 4.78 is 23.0. The minimum Gasteiger partial charge on any atom is -0.451 e. The van der Waals surface area contributed by atoms with E-state index in [1.165, 1.54) is 47.1 Å². The number of benzene rings is 3. The number of halogens is 3. The number of nitrogens with zero attached hydrogens (tertiary/aromatic N) is 4. The van der Waals surface area contributed by atoms with Crippen LogP contribution in [0.2, 0.25) is 0 Å². The minimum absolute atomic E-state index is 0.0914. The van der Waals surface area contributed by atoms with E-state index in [1.54, 1.807) is 66.9 Å². The maximum atomic E-state index is 13.6. The van der Waals surface area contributed by atoms with Crippen LogP contribution in [0.25, 0.3) is 5.78 Å². The predicted octanol–water partition coefficient (Wildman–Crippen LogP) is 4.68. The quantitative estimate of drug-likeness (QED) is 0.134. The predicted molar refractivity (Wildman–Crippen MR) is 174 cm³/mol. The molecule has 1 fully saturated rings. The first-order valence-corrected chi connectivity index (χ1v) is 15.7. The van der Waals surface area contributed by atoms with E-state index in [0.29, 0.717) is 0 Å². The van der Waals surface area contributed by atoms with Gasteiger partial charge in [0.15, 0.2) is 36.5 Å². The van der Waals surface area contributed by atoms with Crippen LogP contribution in [0.15, 0.2) is 109 Å². The van der Waals surface area contributed by atoms with E-state index in [0.717, 1.165) is 0 Å². The molecule has 0 radical (unpaired) electrons. The van der Waals surface area contributed by atoms with Crippen LogP contribution in [0.3, 0.4) is 0 Å². The molecule has 0 spiro atoms. The van der Waals surface area contributed by atoms with Gasteiger partial charge in [-0.1, -0.05) is 89.4 Å². The number of ether oxygens (including phenoxy) is 4. The number of nitrogens with one attached hydrogen (secondary N) is 1. The van der Waals surface area contributed by atoms with Crippen molar-refractivity contribution in [1.29, 1.82) is 0 Å². The number of alkyl halides is 3. The molecule has 16 heteroatoms. The van der Waals surface area contributed by atoms with Crippen molar-refractivity contribution in [3.8, 4) is 0 Å². The van der Waals surface area contributed by atoms with E-state index < -0.39 is 58.3 Å². The molecule has 250 valence electrons. The maximum Gasteiger partial charge on any atom is 0.338 e. The molecule has 13 nitrogen and oxygen atoms in total. The van der Waals surface area contributed by atoms with Gasteiger partial charge in [-0.3, -0.25) is 4.79 Å². The lowest BCUT2D eigenvalue weighted by atomic mass is 9.96. The fourth-order valence-electron chi connectivity index (χ4n) is 4.94. The molecule has 1 saturated heterocycles. The molecular formula is C33H24Cl3N5O8. The Kier molecular flexibility index (Phi) is 10.1. The monoisotopic (exact) mass is 723 g/mol. The fourth-order valence-corrected chi connectivity index (χ4v) is 5.10. The summed E-state index contributed by atoms with van der Waals surface area (Å²) in [5.74, 6) is -3.75. The Morgan fingerprint density at radius 2 is 1.18 bits per heavy atom. The van der Waals surface area contributed by atoms with Crippen LogP contribution in [-0.2, 0) is 23.7 Å². The lowest BCUT2D eigenvalue weighted by molar-refractivity contribution is -0.233. The zero-order chi connectivity index (χ0) is 34.5. The highest BCUT2D eigenvalue weighted by atomic mass is 35.6. The molecule has 1 amide bonds. The van der Waals surface area contributed by atoms with Crippen molar-refractivity contribution in [2.75, 3.05) is 0 Å². The van der Waals surface area contributed by atoms with E-state index in [-0.39, 0.29) is 28.3 Å². The van der Waals surface area contributed by atoms with Gasteiger partial charge >= 0.3 is 17.9 Å². The van der Waals surface area contributed by atoms with Crippen LogP contribution in [0.4, 0.5) is 0 Å². The van der Waals surface area contributed by atoms with Crippen LogP contribution in [0.5, 0.6) is 0 Å². The second-order valence-electron chi connectivity index (χ2n) is 10.5. The highest BCUT2D eigenvalue weighted by Gasteiger charge is 2.55. The van der Waals surface area contributed by atoms with Crippen LogP contribution in [-0.4, -0.2) is 71.7 Å². The number of carbonyl (C=O) groups is 4. The largest absolute Gasteiger partial charge is 0.451 e. The molecule has 3 heterocycles. The zero-order valence-corrected chi connectivity index (χ0v) is 27.2. The van der Waals surface area contributed by atoms with Crippen molar-refractivity contribution in [2.45, 2.75) is 34.4 Å².